The monoisotopic (exact) mass is 246 g/mol. The van der Waals surface area contributed by atoms with E-state index >= 15 is 0 Å². The van der Waals surface area contributed by atoms with E-state index in [2.05, 4.69) is 0 Å². The van der Waals surface area contributed by atoms with Crippen molar-refractivity contribution in [3.63, 3.8) is 0 Å². The van der Waals surface area contributed by atoms with Crippen molar-refractivity contribution in [2.45, 2.75) is 19.8 Å². The molecule has 0 atom stereocenters. The Bertz CT molecular complexity index is 640. The van der Waals surface area contributed by atoms with Gasteiger partial charge < -0.3 is 9.15 Å². The van der Waals surface area contributed by atoms with Crippen molar-refractivity contribution in [1.29, 1.82) is 0 Å². The van der Waals surface area contributed by atoms with E-state index in [1.54, 1.807) is 18.2 Å². The van der Waals surface area contributed by atoms with Crippen molar-refractivity contribution in [2.75, 3.05) is 7.11 Å². The Hall–Kier alpha value is -2.10. The molecule has 94 valence electrons. The lowest BCUT2D eigenvalue weighted by molar-refractivity contribution is 0.0979. The van der Waals surface area contributed by atoms with Crippen LogP contribution in [0.3, 0.4) is 0 Å². The summed E-state index contributed by atoms with van der Waals surface area (Å²) < 4.78 is 10.2. The van der Waals surface area contributed by atoms with Crippen LogP contribution in [0, 0.1) is 0 Å². The van der Waals surface area contributed by atoms with E-state index in [0.29, 0.717) is 23.3 Å². The zero-order valence-electron chi connectivity index (χ0n) is 10.4. The van der Waals surface area contributed by atoms with Crippen LogP contribution >= 0.6 is 0 Å². The molecule has 0 aliphatic carbocycles. The Morgan fingerprint density at radius 1 is 1.33 bits per heavy atom. The van der Waals surface area contributed by atoms with Gasteiger partial charge in [0, 0.05) is 23.9 Å². The molecule has 0 amide bonds. The molecule has 1 aromatic carbocycles. The number of Topliss-reactive ketones (excluding diaryl/α,β-unsaturated/α-hetero) is 1. The second-order valence-corrected chi connectivity index (χ2v) is 4.02. The molecule has 0 bridgehead atoms. The largest absolute Gasteiger partial charge is 0.496 e. The number of carbonyl (C=O) groups excluding carboxylic acids is 1. The topological polar surface area (TPSA) is 56.5 Å². The van der Waals surface area contributed by atoms with Crippen LogP contribution < -0.4 is 10.4 Å². The first kappa shape index (κ1) is 12.4. The normalized spacial score (nSPS) is 10.6. The maximum atomic E-state index is 12.0. The van der Waals surface area contributed by atoms with E-state index in [1.165, 1.54) is 13.2 Å². The number of fused-ring (bicyclic) bond motifs is 1. The maximum absolute atomic E-state index is 12.0. The number of ether oxygens (including phenoxy) is 1. The first-order chi connectivity index (χ1) is 8.65. The van der Waals surface area contributed by atoms with Crippen molar-refractivity contribution in [2.24, 2.45) is 0 Å². The molecule has 2 aromatic rings. The molecule has 0 spiro atoms. The molecular weight excluding hydrogens is 232 g/mol. The molecule has 2 rings (SSSR count). The molecule has 0 aliphatic rings. The maximum Gasteiger partial charge on any atom is 0.336 e. The third kappa shape index (κ3) is 2.27. The standard InChI is InChI=1S/C14H14O4/c1-3-4-11(15)10-7-9-5-6-14(16)18-12(9)8-13(10)17-2/h5-8H,3-4H2,1-2H3. The minimum Gasteiger partial charge on any atom is -0.496 e. The highest BCUT2D eigenvalue weighted by atomic mass is 16.5. The van der Waals surface area contributed by atoms with Gasteiger partial charge in [-0.25, -0.2) is 4.79 Å². The number of hydrogen-bond acceptors (Lipinski definition) is 4. The average Bonchev–Trinajstić information content (AvgIpc) is 2.37. The molecule has 4 heteroatoms. The fourth-order valence-electron chi connectivity index (χ4n) is 1.85. The van der Waals surface area contributed by atoms with E-state index in [9.17, 15) is 9.59 Å². The van der Waals surface area contributed by atoms with E-state index < -0.39 is 5.63 Å². The van der Waals surface area contributed by atoms with E-state index in [-0.39, 0.29) is 5.78 Å². The average molecular weight is 246 g/mol. The quantitative estimate of drug-likeness (QED) is 0.614. The van der Waals surface area contributed by atoms with E-state index in [0.717, 1.165) is 11.8 Å². The molecule has 0 saturated carbocycles. The first-order valence-electron chi connectivity index (χ1n) is 5.80. The van der Waals surface area contributed by atoms with E-state index in [4.69, 9.17) is 9.15 Å². The first-order valence-corrected chi connectivity index (χ1v) is 5.80. The third-order valence-corrected chi connectivity index (χ3v) is 2.72. The molecule has 0 N–H and O–H groups in total. The van der Waals surface area contributed by atoms with Crippen LogP contribution in [0.1, 0.15) is 30.1 Å². The number of benzene rings is 1. The summed E-state index contributed by atoms with van der Waals surface area (Å²) in [4.78, 5) is 23.1. The zero-order chi connectivity index (χ0) is 13.1. The molecule has 4 nitrogen and oxygen atoms in total. The molecule has 0 radical (unpaired) electrons. The molecular formula is C14H14O4. The molecule has 18 heavy (non-hydrogen) atoms. The lowest BCUT2D eigenvalue weighted by Gasteiger charge is -2.08. The molecule has 1 heterocycles. The number of rotatable bonds is 4. The van der Waals surface area contributed by atoms with Gasteiger partial charge in [-0.15, -0.1) is 0 Å². The van der Waals surface area contributed by atoms with Gasteiger partial charge in [0.2, 0.25) is 0 Å². The lowest BCUT2D eigenvalue weighted by Crippen LogP contribution is -2.03. The van der Waals surface area contributed by atoms with Crippen LogP contribution in [-0.4, -0.2) is 12.9 Å². The van der Waals surface area contributed by atoms with Crippen LogP contribution in [0.25, 0.3) is 11.0 Å². The van der Waals surface area contributed by atoms with Crippen molar-refractivity contribution in [3.8, 4) is 5.75 Å². The summed E-state index contributed by atoms with van der Waals surface area (Å²) in [5, 5.41) is 0.717. The van der Waals surface area contributed by atoms with E-state index in [1.807, 2.05) is 6.92 Å². The predicted octanol–water partition coefficient (Wildman–Crippen LogP) is 2.78. The zero-order valence-corrected chi connectivity index (χ0v) is 10.4. The van der Waals surface area contributed by atoms with Crippen molar-refractivity contribution in [3.05, 3.63) is 40.2 Å². The van der Waals surface area contributed by atoms with Crippen LogP contribution in [-0.2, 0) is 0 Å². The van der Waals surface area contributed by atoms with Gasteiger partial charge in [0.15, 0.2) is 5.78 Å². The highest BCUT2D eigenvalue weighted by Crippen LogP contribution is 2.26. The molecule has 1 aromatic heterocycles. The summed E-state index contributed by atoms with van der Waals surface area (Å²) in [6.45, 7) is 1.95. The van der Waals surface area contributed by atoms with Gasteiger partial charge in [0.25, 0.3) is 0 Å². The molecule has 0 unspecified atom stereocenters. The van der Waals surface area contributed by atoms with Gasteiger partial charge >= 0.3 is 5.63 Å². The van der Waals surface area contributed by atoms with Crippen LogP contribution in [0.5, 0.6) is 5.75 Å². The highest BCUT2D eigenvalue weighted by molar-refractivity contribution is 6.02. The Morgan fingerprint density at radius 2 is 2.11 bits per heavy atom. The highest BCUT2D eigenvalue weighted by Gasteiger charge is 2.13. The summed E-state index contributed by atoms with van der Waals surface area (Å²) in [5.74, 6) is 0.470. The Morgan fingerprint density at radius 3 is 2.78 bits per heavy atom. The number of hydrogen-bond donors (Lipinski definition) is 0. The third-order valence-electron chi connectivity index (χ3n) is 2.72. The second kappa shape index (κ2) is 5.04. The van der Waals surface area contributed by atoms with Gasteiger partial charge in [0.05, 0.1) is 12.7 Å². The van der Waals surface area contributed by atoms with Gasteiger partial charge in [-0.05, 0) is 18.6 Å². The number of ketones is 1. The molecule has 0 fully saturated rings. The molecule has 0 saturated heterocycles. The number of methoxy groups -OCH3 is 1. The van der Waals surface area contributed by atoms with Gasteiger partial charge in [-0.3, -0.25) is 4.79 Å². The van der Waals surface area contributed by atoms with Crippen molar-refractivity contribution in [1.82, 2.24) is 0 Å². The SMILES string of the molecule is CCCC(=O)c1cc2ccc(=O)oc2cc1OC. The Balaban J connectivity index is 2.62. The van der Waals surface area contributed by atoms with Crippen molar-refractivity contribution < 1.29 is 13.9 Å². The summed E-state index contributed by atoms with van der Waals surface area (Å²) in [5.41, 5.74) is 0.533. The summed E-state index contributed by atoms with van der Waals surface area (Å²) >= 11 is 0. The Labute approximate surface area is 104 Å². The fraction of sp³-hybridized carbons (Fsp3) is 0.286. The summed E-state index contributed by atoms with van der Waals surface area (Å²) in [6.07, 6.45) is 1.25. The predicted molar refractivity (Wildman–Crippen MR) is 68.3 cm³/mol. The van der Waals surface area contributed by atoms with Gasteiger partial charge in [-0.1, -0.05) is 6.92 Å². The minimum atomic E-state index is -0.419. The van der Waals surface area contributed by atoms with Crippen molar-refractivity contribution >= 4 is 16.8 Å². The smallest absolute Gasteiger partial charge is 0.336 e. The van der Waals surface area contributed by atoms with Gasteiger partial charge in [0.1, 0.15) is 11.3 Å². The second-order valence-electron chi connectivity index (χ2n) is 4.02. The summed E-state index contributed by atoms with van der Waals surface area (Å²) in [7, 11) is 1.49. The van der Waals surface area contributed by atoms with Gasteiger partial charge in [-0.2, -0.15) is 0 Å². The molecule has 0 aliphatic heterocycles. The lowest BCUT2D eigenvalue weighted by atomic mass is 10.0. The van der Waals surface area contributed by atoms with Crippen LogP contribution in [0.2, 0.25) is 0 Å². The minimum absolute atomic E-state index is 0.0300. The Kier molecular flexibility index (Phi) is 3.46. The fourth-order valence-corrected chi connectivity index (χ4v) is 1.85. The van der Waals surface area contributed by atoms with Crippen LogP contribution in [0.15, 0.2) is 33.5 Å². The summed E-state index contributed by atoms with van der Waals surface area (Å²) in [6, 6.07) is 6.26. The van der Waals surface area contributed by atoms with Crippen LogP contribution in [0.4, 0.5) is 0 Å². The number of carbonyl (C=O) groups is 1.